The van der Waals surface area contributed by atoms with Gasteiger partial charge in [0.25, 0.3) is 0 Å². The van der Waals surface area contributed by atoms with Crippen molar-refractivity contribution in [3.8, 4) is 0 Å². The summed E-state index contributed by atoms with van der Waals surface area (Å²) in [4.78, 5) is 0. The minimum absolute atomic E-state index is 0.886. The third-order valence-corrected chi connectivity index (χ3v) is 36.3. The molecule has 0 heterocycles. The lowest BCUT2D eigenvalue weighted by molar-refractivity contribution is 1.93. The molecule has 0 nitrogen and oxygen atoms in total. The van der Waals surface area contributed by atoms with Gasteiger partial charge in [-0.2, -0.15) is 22.4 Å². The standard InChI is InChI=1S/C6H18S2Si2/c1-7-9(3,4)10(5,6)8-2/h1-6H3. The van der Waals surface area contributed by atoms with Gasteiger partial charge in [-0.15, -0.1) is 0 Å². The van der Waals surface area contributed by atoms with E-state index in [9.17, 15) is 0 Å². The van der Waals surface area contributed by atoms with E-state index in [0.29, 0.717) is 0 Å². The van der Waals surface area contributed by atoms with Crippen LogP contribution in [0, 0.1) is 0 Å². The smallest absolute Gasteiger partial charge is 0.114 e. The summed E-state index contributed by atoms with van der Waals surface area (Å²) < 4.78 is 0. The van der Waals surface area contributed by atoms with Crippen LogP contribution in [0.15, 0.2) is 0 Å². The Labute approximate surface area is 74.6 Å². The predicted octanol–water partition coefficient (Wildman–Crippen LogP) is 3.20. The lowest BCUT2D eigenvalue weighted by Crippen LogP contribution is -2.49. The lowest BCUT2D eigenvalue weighted by Gasteiger charge is -2.34. The summed E-state index contributed by atoms with van der Waals surface area (Å²) in [5.41, 5.74) is 0. The summed E-state index contributed by atoms with van der Waals surface area (Å²) in [5, 5.41) is 0. The van der Waals surface area contributed by atoms with Crippen LogP contribution in [-0.4, -0.2) is 26.0 Å². The van der Waals surface area contributed by atoms with Gasteiger partial charge in [0.1, 0.15) is 13.5 Å². The molecule has 0 aromatic heterocycles. The van der Waals surface area contributed by atoms with Gasteiger partial charge in [-0.25, -0.2) is 0 Å². The molecule has 0 bridgehead atoms. The van der Waals surface area contributed by atoms with Crippen LogP contribution in [0.25, 0.3) is 0 Å². The Morgan fingerprint density at radius 1 is 0.700 bits per heavy atom. The highest BCUT2D eigenvalue weighted by molar-refractivity contribution is 8.49. The zero-order chi connectivity index (χ0) is 8.41. The average molecular weight is 211 g/mol. The van der Waals surface area contributed by atoms with Gasteiger partial charge in [0.15, 0.2) is 0 Å². The minimum atomic E-state index is -0.886. The predicted molar refractivity (Wildman–Crippen MR) is 62.0 cm³/mol. The van der Waals surface area contributed by atoms with E-state index >= 15 is 0 Å². The Kier molecular flexibility index (Phi) is 4.11. The van der Waals surface area contributed by atoms with Crippen LogP contribution in [0.5, 0.6) is 0 Å². The first-order valence-corrected chi connectivity index (χ1v) is 14.4. The van der Waals surface area contributed by atoms with Gasteiger partial charge in [0.2, 0.25) is 0 Å². The van der Waals surface area contributed by atoms with E-state index in [-0.39, 0.29) is 0 Å². The minimum Gasteiger partial charge on any atom is -0.191 e. The highest BCUT2D eigenvalue weighted by atomic mass is 32.4. The first-order valence-electron chi connectivity index (χ1n) is 3.47. The van der Waals surface area contributed by atoms with Crippen molar-refractivity contribution in [2.24, 2.45) is 0 Å². The molecule has 10 heavy (non-hydrogen) atoms. The Balaban J connectivity index is 4.28. The van der Waals surface area contributed by atoms with Gasteiger partial charge in [0, 0.05) is 0 Å². The molecule has 0 aromatic carbocycles. The molecule has 0 atom stereocenters. The van der Waals surface area contributed by atoms with Gasteiger partial charge in [0.05, 0.1) is 0 Å². The summed E-state index contributed by atoms with van der Waals surface area (Å²) in [6.07, 6.45) is 4.55. The molecule has 0 N–H and O–H groups in total. The molecule has 0 unspecified atom stereocenters. The van der Waals surface area contributed by atoms with E-state index in [1.165, 1.54) is 0 Å². The monoisotopic (exact) mass is 210 g/mol. The van der Waals surface area contributed by atoms with Crippen molar-refractivity contribution < 1.29 is 0 Å². The Morgan fingerprint density at radius 2 is 0.900 bits per heavy atom. The highest BCUT2D eigenvalue weighted by Crippen LogP contribution is 2.34. The van der Waals surface area contributed by atoms with E-state index in [2.05, 4.69) is 61.1 Å². The number of hydrogen-bond acceptors (Lipinski definition) is 2. The quantitative estimate of drug-likeness (QED) is 0.656. The summed E-state index contributed by atoms with van der Waals surface area (Å²) in [5.74, 6) is 0. The van der Waals surface area contributed by atoms with Gasteiger partial charge in [-0.3, -0.25) is 0 Å². The fraction of sp³-hybridized carbons (Fsp3) is 1.00. The summed E-state index contributed by atoms with van der Waals surface area (Å²) >= 11 is 4.28. The summed E-state index contributed by atoms with van der Waals surface area (Å²) in [6, 6.07) is 0. The van der Waals surface area contributed by atoms with Crippen LogP contribution in [0.3, 0.4) is 0 Å². The fourth-order valence-electron chi connectivity index (χ4n) is 0.492. The zero-order valence-electron chi connectivity index (χ0n) is 7.82. The third kappa shape index (κ3) is 2.32. The lowest BCUT2D eigenvalue weighted by atomic mass is 11.9. The first-order chi connectivity index (χ1) is 4.37. The Morgan fingerprint density at radius 3 is 1.00 bits per heavy atom. The topological polar surface area (TPSA) is 0 Å². The summed E-state index contributed by atoms with van der Waals surface area (Å²) in [7, 11) is 0. The highest BCUT2D eigenvalue weighted by Gasteiger charge is 2.40. The van der Waals surface area contributed by atoms with Crippen LogP contribution < -0.4 is 0 Å². The van der Waals surface area contributed by atoms with E-state index in [4.69, 9.17) is 0 Å². The molecule has 0 rings (SSSR count). The third-order valence-electron chi connectivity index (χ3n) is 2.47. The van der Waals surface area contributed by atoms with Crippen molar-refractivity contribution in [2.75, 3.05) is 12.5 Å². The van der Waals surface area contributed by atoms with Crippen LogP contribution in [0.2, 0.25) is 26.2 Å². The number of rotatable bonds is 3. The van der Waals surface area contributed by atoms with Crippen molar-refractivity contribution in [3.05, 3.63) is 0 Å². The SMILES string of the molecule is CS[Si](C)(C)[Si](C)(C)SC. The first kappa shape index (κ1) is 11.1. The molecule has 0 aliphatic carbocycles. The van der Waals surface area contributed by atoms with Gasteiger partial charge < -0.3 is 0 Å². The Bertz CT molecular complexity index is 98.3. The molecular formula is C6H18S2Si2. The maximum Gasteiger partial charge on any atom is 0.114 e. The summed E-state index contributed by atoms with van der Waals surface area (Å²) in [6.45, 7) is 8.23. The van der Waals surface area contributed by atoms with Gasteiger partial charge >= 0.3 is 0 Å². The van der Waals surface area contributed by atoms with Crippen LogP contribution in [0.4, 0.5) is 0 Å². The molecule has 0 fully saturated rings. The number of hydrogen-bond donors (Lipinski definition) is 0. The van der Waals surface area contributed by atoms with Gasteiger partial charge in [-0.1, -0.05) is 26.2 Å². The van der Waals surface area contributed by atoms with Crippen molar-refractivity contribution >= 4 is 35.9 Å². The fourth-order valence-corrected chi connectivity index (χ4v) is 17.8. The largest absolute Gasteiger partial charge is 0.191 e. The molecule has 0 aliphatic rings. The molecule has 0 radical (unpaired) electrons. The second kappa shape index (κ2) is 3.69. The van der Waals surface area contributed by atoms with Crippen molar-refractivity contribution in [3.63, 3.8) is 0 Å². The van der Waals surface area contributed by atoms with Crippen molar-refractivity contribution in [1.29, 1.82) is 0 Å². The second-order valence-corrected chi connectivity index (χ2v) is 28.5. The molecule has 0 saturated carbocycles. The normalized spacial score (nSPS) is 13.8. The maximum atomic E-state index is 2.50. The average Bonchev–Trinajstić information content (AvgIpc) is 1.88. The van der Waals surface area contributed by atoms with E-state index in [0.717, 1.165) is 0 Å². The van der Waals surface area contributed by atoms with Crippen LogP contribution in [0.1, 0.15) is 0 Å². The zero-order valence-corrected chi connectivity index (χ0v) is 11.4. The van der Waals surface area contributed by atoms with E-state index < -0.39 is 13.5 Å². The van der Waals surface area contributed by atoms with E-state index in [1.807, 2.05) is 0 Å². The van der Waals surface area contributed by atoms with Crippen LogP contribution in [-0.2, 0) is 0 Å². The maximum absolute atomic E-state index is 2.50. The molecule has 0 aromatic rings. The molecular weight excluding hydrogens is 192 g/mol. The molecule has 62 valence electrons. The molecule has 0 aliphatic heterocycles. The molecule has 0 spiro atoms. The van der Waals surface area contributed by atoms with Crippen LogP contribution >= 0.6 is 22.4 Å². The van der Waals surface area contributed by atoms with Gasteiger partial charge in [-0.05, 0) is 12.5 Å². The molecule has 0 amide bonds. The molecule has 4 heteroatoms. The Hall–Kier alpha value is 1.13. The molecule has 0 saturated heterocycles. The van der Waals surface area contributed by atoms with Crippen molar-refractivity contribution in [2.45, 2.75) is 26.2 Å². The van der Waals surface area contributed by atoms with E-state index in [1.54, 1.807) is 0 Å². The van der Waals surface area contributed by atoms with Crippen molar-refractivity contribution in [1.82, 2.24) is 0 Å². The second-order valence-electron chi connectivity index (χ2n) is 3.43.